The number of aliphatic carboxylic acids is 1. The Hall–Kier alpha value is -1.45. The molecule has 1 unspecified atom stereocenters. The van der Waals surface area contributed by atoms with Gasteiger partial charge in [0, 0.05) is 18.0 Å². The number of hydrogen-bond donors (Lipinski definition) is 2. The van der Waals surface area contributed by atoms with Crippen molar-refractivity contribution in [2.75, 3.05) is 13.1 Å². The summed E-state index contributed by atoms with van der Waals surface area (Å²) in [4.78, 5) is 23.5. The number of amides is 1. The molecule has 0 aliphatic carbocycles. The third-order valence-electron chi connectivity index (χ3n) is 3.42. The van der Waals surface area contributed by atoms with Crippen LogP contribution in [0.25, 0.3) is 0 Å². The minimum Gasteiger partial charge on any atom is -0.481 e. The molecule has 2 rings (SSSR count). The van der Waals surface area contributed by atoms with Crippen molar-refractivity contribution in [3.05, 3.63) is 17.0 Å². The molecule has 0 saturated carbocycles. The summed E-state index contributed by atoms with van der Waals surface area (Å²) in [5.41, 5.74) is 0. The lowest BCUT2D eigenvalue weighted by atomic mass is 10.2. The Bertz CT molecular complexity index is 668. The molecule has 1 aliphatic rings. The van der Waals surface area contributed by atoms with Crippen molar-refractivity contribution in [1.29, 1.82) is 0 Å². The molecular formula is C13H18N2O5S2. The summed E-state index contributed by atoms with van der Waals surface area (Å²) >= 11 is 1.18. The second-order valence-electron chi connectivity index (χ2n) is 5.07. The van der Waals surface area contributed by atoms with Crippen molar-refractivity contribution in [3.63, 3.8) is 0 Å². The van der Waals surface area contributed by atoms with Gasteiger partial charge in [0.05, 0.1) is 6.42 Å². The van der Waals surface area contributed by atoms with Crippen LogP contribution in [0.1, 0.15) is 24.1 Å². The van der Waals surface area contributed by atoms with Crippen LogP contribution < -0.4 is 5.32 Å². The first kappa shape index (κ1) is 16.9. The molecular weight excluding hydrogens is 328 g/mol. The van der Waals surface area contributed by atoms with Crippen molar-refractivity contribution in [2.45, 2.75) is 36.4 Å². The summed E-state index contributed by atoms with van der Waals surface area (Å²) in [7, 11) is -3.68. The van der Waals surface area contributed by atoms with E-state index < -0.39 is 27.9 Å². The van der Waals surface area contributed by atoms with Crippen LogP contribution in [0.4, 0.5) is 0 Å². The molecule has 0 radical (unpaired) electrons. The zero-order valence-corrected chi connectivity index (χ0v) is 13.7. The number of sulfonamides is 1. The van der Waals surface area contributed by atoms with Gasteiger partial charge in [0.2, 0.25) is 5.91 Å². The first-order valence-corrected chi connectivity index (χ1v) is 9.16. The fourth-order valence-electron chi connectivity index (χ4n) is 2.37. The van der Waals surface area contributed by atoms with E-state index in [4.69, 9.17) is 5.11 Å². The van der Waals surface area contributed by atoms with E-state index in [0.29, 0.717) is 19.4 Å². The standard InChI is InChI=1S/C13H18N2O5S2/c1-9-4-5-12(21-9)22(19,20)15-8-2-3-10(15)13(18)14-7-6-11(16)17/h4-5,10H,2-3,6-8H2,1H3,(H,14,18)(H,16,17). The maximum Gasteiger partial charge on any atom is 0.305 e. The van der Waals surface area contributed by atoms with Gasteiger partial charge >= 0.3 is 5.97 Å². The number of rotatable bonds is 6. The lowest BCUT2D eigenvalue weighted by Gasteiger charge is -2.22. The summed E-state index contributed by atoms with van der Waals surface area (Å²) in [6.45, 7) is 2.12. The number of nitrogens with zero attached hydrogens (tertiary/aromatic N) is 1. The molecule has 0 bridgehead atoms. The Morgan fingerprint density at radius 1 is 1.45 bits per heavy atom. The molecule has 7 nitrogen and oxygen atoms in total. The van der Waals surface area contributed by atoms with Crippen molar-refractivity contribution < 1.29 is 23.1 Å². The SMILES string of the molecule is Cc1ccc(S(=O)(=O)N2CCCC2C(=O)NCCC(=O)O)s1. The van der Waals surface area contributed by atoms with Crippen LogP contribution in [0.2, 0.25) is 0 Å². The highest BCUT2D eigenvalue weighted by atomic mass is 32.2. The minimum atomic E-state index is -3.68. The number of nitrogens with one attached hydrogen (secondary N) is 1. The van der Waals surface area contributed by atoms with Gasteiger partial charge in [0.25, 0.3) is 10.0 Å². The first-order chi connectivity index (χ1) is 10.3. The Labute approximate surface area is 133 Å². The van der Waals surface area contributed by atoms with Crippen LogP contribution >= 0.6 is 11.3 Å². The number of aryl methyl sites for hydroxylation is 1. The average Bonchev–Trinajstić information content (AvgIpc) is 3.06. The molecule has 9 heteroatoms. The molecule has 2 heterocycles. The molecule has 0 spiro atoms. The van der Waals surface area contributed by atoms with E-state index in [1.54, 1.807) is 12.1 Å². The third-order valence-corrected chi connectivity index (χ3v) is 6.80. The Kier molecular flexibility index (Phi) is 5.20. The molecule has 22 heavy (non-hydrogen) atoms. The smallest absolute Gasteiger partial charge is 0.305 e. The molecule has 1 atom stereocenters. The number of thiophene rings is 1. The van der Waals surface area contributed by atoms with E-state index in [1.165, 1.54) is 15.6 Å². The molecule has 1 amide bonds. The van der Waals surface area contributed by atoms with Gasteiger partial charge in [-0.1, -0.05) is 0 Å². The maximum atomic E-state index is 12.6. The highest BCUT2D eigenvalue weighted by Crippen LogP contribution is 2.30. The van der Waals surface area contributed by atoms with Gasteiger partial charge in [-0.15, -0.1) is 11.3 Å². The van der Waals surface area contributed by atoms with Crippen molar-refractivity contribution in [2.24, 2.45) is 0 Å². The summed E-state index contributed by atoms with van der Waals surface area (Å²) in [5, 5.41) is 11.1. The van der Waals surface area contributed by atoms with Crippen molar-refractivity contribution in [3.8, 4) is 0 Å². The van der Waals surface area contributed by atoms with Crippen LogP contribution in [0.15, 0.2) is 16.3 Å². The molecule has 1 aromatic rings. The summed E-state index contributed by atoms with van der Waals surface area (Å²) < 4.78 is 26.7. The summed E-state index contributed by atoms with van der Waals surface area (Å²) in [6.07, 6.45) is 0.873. The van der Waals surface area contributed by atoms with Crippen LogP contribution in [-0.4, -0.2) is 48.8 Å². The maximum absolute atomic E-state index is 12.6. The van der Waals surface area contributed by atoms with Gasteiger partial charge < -0.3 is 10.4 Å². The molecule has 1 saturated heterocycles. The van der Waals surface area contributed by atoms with Crippen LogP contribution in [0.3, 0.4) is 0 Å². The van der Waals surface area contributed by atoms with Crippen molar-refractivity contribution in [1.82, 2.24) is 9.62 Å². The van der Waals surface area contributed by atoms with Crippen LogP contribution in [0.5, 0.6) is 0 Å². The van der Waals surface area contributed by atoms with E-state index in [-0.39, 0.29) is 17.2 Å². The zero-order chi connectivity index (χ0) is 16.3. The van der Waals surface area contributed by atoms with E-state index in [0.717, 1.165) is 4.88 Å². The predicted molar refractivity (Wildman–Crippen MR) is 81.2 cm³/mol. The summed E-state index contributed by atoms with van der Waals surface area (Å²) in [5.74, 6) is -1.44. The summed E-state index contributed by atoms with van der Waals surface area (Å²) in [6, 6.07) is 2.52. The second-order valence-corrected chi connectivity index (χ2v) is 8.48. The number of carbonyl (C=O) groups excluding carboxylic acids is 1. The molecule has 1 aliphatic heterocycles. The highest BCUT2D eigenvalue weighted by Gasteiger charge is 2.39. The quantitative estimate of drug-likeness (QED) is 0.793. The van der Waals surface area contributed by atoms with Crippen LogP contribution in [0, 0.1) is 6.92 Å². The lowest BCUT2D eigenvalue weighted by Crippen LogP contribution is -2.46. The molecule has 2 N–H and O–H groups in total. The van der Waals surface area contributed by atoms with Crippen molar-refractivity contribution >= 4 is 33.2 Å². The predicted octanol–water partition coefficient (Wildman–Crippen LogP) is 0.801. The third kappa shape index (κ3) is 3.65. The highest BCUT2D eigenvalue weighted by molar-refractivity contribution is 7.91. The van der Waals surface area contributed by atoms with Crippen LogP contribution in [-0.2, 0) is 19.6 Å². The molecule has 0 aromatic carbocycles. The number of carboxylic acids is 1. The Balaban J connectivity index is 2.10. The largest absolute Gasteiger partial charge is 0.481 e. The lowest BCUT2D eigenvalue weighted by molar-refractivity contribution is -0.137. The monoisotopic (exact) mass is 346 g/mol. The van der Waals surface area contributed by atoms with Gasteiger partial charge in [-0.2, -0.15) is 4.31 Å². The van der Waals surface area contributed by atoms with E-state index in [9.17, 15) is 18.0 Å². The fourth-order valence-corrected chi connectivity index (χ4v) is 5.44. The van der Waals surface area contributed by atoms with E-state index in [2.05, 4.69) is 5.32 Å². The van der Waals surface area contributed by atoms with E-state index in [1.807, 2.05) is 6.92 Å². The van der Waals surface area contributed by atoms with Gasteiger partial charge in [0.1, 0.15) is 10.3 Å². The Morgan fingerprint density at radius 2 is 2.18 bits per heavy atom. The number of carboxylic acid groups (broad SMARTS) is 1. The molecule has 1 aromatic heterocycles. The first-order valence-electron chi connectivity index (χ1n) is 6.90. The zero-order valence-electron chi connectivity index (χ0n) is 12.1. The fraction of sp³-hybridized carbons (Fsp3) is 0.538. The minimum absolute atomic E-state index is 0.00331. The average molecular weight is 346 g/mol. The number of hydrogen-bond acceptors (Lipinski definition) is 5. The Morgan fingerprint density at radius 3 is 2.77 bits per heavy atom. The molecule has 1 fully saturated rings. The van der Waals surface area contributed by atoms with Gasteiger partial charge in [-0.25, -0.2) is 8.42 Å². The second kappa shape index (κ2) is 6.76. The van der Waals surface area contributed by atoms with Gasteiger partial charge in [-0.3, -0.25) is 9.59 Å². The topological polar surface area (TPSA) is 104 Å². The van der Waals surface area contributed by atoms with Gasteiger partial charge in [0.15, 0.2) is 0 Å². The molecule has 122 valence electrons. The number of carbonyl (C=O) groups is 2. The normalized spacial score (nSPS) is 19.2. The van der Waals surface area contributed by atoms with E-state index >= 15 is 0 Å². The van der Waals surface area contributed by atoms with Gasteiger partial charge in [-0.05, 0) is 31.9 Å².